The van der Waals surface area contributed by atoms with Gasteiger partial charge in [0.25, 0.3) is 0 Å². The monoisotopic (exact) mass is 191 g/mol. The highest BCUT2D eigenvalue weighted by atomic mass is 16.7. The molecule has 0 amide bonds. The van der Waals surface area contributed by atoms with E-state index in [-0.39, 0.29) is 6.29 Å². The second kappa shape index (κ2) is 8.48. The van der Waals surface area contributed by atoms with Crippen LogP contribution in [0, 0.1) is 0 Å². The van der Waals surface area contributed by atoms with Crippen LogP contribution >= 0.6 is 0 Å². The molecule has 0 unspecified atom stereocenters. The van der Waals surface area contributed by atoms with Gasteiger partial charge in [-0.3, -0.25) is 0 Å². The van der Waals surface area contributed by atoms with Crippen molar-refractivity contribution in [3.05, 3.63) is 0 Å². The van der Waals surface area contributed by atoms with Gasteiger partial charge in [0.1, 0.15) is 0 Å². The van der Waals surface area contributed by atoms with Gasteiger partial charge in [0.05, 0.1) is 0 Å². The first-order valence-electron chi connectivity index (χ1n) is 5.84. The molecule has 0 atom stereocenters. The molecule has 0 radical (unpaired) electrons. The van der Waals surface area contributed by atoms with E-state index in [9.17, 15) is 0 Å². The zero-order valence-electron chi connectivity index (χ0n) is 11.2. The molecule has 0 aliphatic carbocycles. The van der Waals surface area contributed by atoms with Crippen molar-refractivity contribution in [1.29, 1.82) is 0 Å². The van der Waals surface area contributed by atoms with Gasteiger partial charge in [0.2, 0.25) is 0 Å². The lowest BCUT2D eigenvalue weighted by atomic mass is 10.3. The summed E-state index contributed by atoms with van der Waals surface area (Å²) in [6.07, 6.45) is 0.701. The lowest BCUT2D eigenvalue weighted by Crippen LogP contribution is -2.20. The first-order chi connectivity index (χ1) is 6.94. The maximum absolute atomic E-state index is 7.72. The molecule has 0 fully saturated rings. The van der Waals surface area contributed by atoms with Gasteiger partial charge in [0.15, 0.2) is 6.29 Å². The normalized spacial score (nSPS) is 14.9. The summed E-state index contributed by atoms with van der Waals surface area (Å²) in [5.41, 5.74) is 0. The zero-order valence-corrected chi connectivity index (χ0v) is 9.17. The van der Waals surface area contributed by atoms with E-state index in [0.29, 0.717) is 26.1 Å². The molecule has 0 saturated heterocycles. The molecule has 0 spiro atoms. The van der Waals surface area contributed by atoms with Crippen molar-refractivity contribution >= 4 is 0 Å². The maximum atomic E-state index is 7.72. The van der Waals surface area contributed by atoms with Gasteiger partial charge >= 0.3 is 0 Å². The average Bonchev–Trinajstić information content (AvgIpc) is 2.15. The molecule has 0 aromatic heterocycles. The van der Waals surface area contributed by atoms with Crippen molar-refractivity contribution in [3.63, 3.8) is 0 Å². The van der Waals surface area contributed by atoms with Crippen LogP contribution < -0.4 is 0 Å². The molecule has 13 heavy (non-hydrogen) atoms. The lowest BCUT2D eigenvalue weighted by molar-refractivity contribution is -0.140. The van der Waals surface area contributed by atoms with Crippen LogP contribution in [0.1, 0.15) is 29.4 Å². The van der Waals surface area contributed by atoms with Crippen LogP contribution in [0.25, 0.3) is 0 Å². The zero-order chi connectivity index (χ0) is 11.9. The van der Waals surface area contributed by atoms with Crippen LogP contribution in [-0.2, 0) is 9.47 Å². The van der Waals surface area contributed by atoms with Gasteiger partial charge in [0, 0.05) is 16.0 Å². The van der Waals surface area contributed by atoms with E-state index >= 15 is 0 Å². The molecule has 0 saturated carbocycles. The Morgan fingerprint density at radius 2 is 1.77 bits per heavy atom. The van der Waals surface area contributed by atoms with Gasteiger partial charge in [-0.15, -0.1) is 0 Å². The molecule has 80 valence electrons. The van der Waals surface area contributed by atoms with Crippen molar-refractivity contribution in [3.8, 4) is 0 Å². The molecule has 0 rings (SSSR count). The molecule has 3 nitrogen and oxygen atoms in total. The van der Waals surface area contributed by atoms with E-state index in [1.54, 1.807) is 19.0 Å². The molecule has 0 aliphatic heterocycles. The standard InChI is InChI=1S/C10H23NO2/c1-5-12-10(13-6-2)8-7-9-11(3)4/h10H,5-9H2,1-4H3/i9D2. The summed E-state index contributed by atoms with van der Waals surface area (Å²) in [4.78, 5) is 1.57. The Bertz CT molecular complexity index is 160. The van der Waals surface area contributed by atoms with Crippen LogP contribution in [-0.4, -0.2) is 45.0 Å². The topological polar surface area (TPSA) is 21.7 Å². The van der Waals surface area contributed by atoms with E-state index in [1.807, 2.05) is 13.8 Å². The summed E-state index contributed by atoms with van der Waals surface area (Å²) in [6, 6.07) is 0. The van der Waals surface area contributed by atoms with E-state index < -0.39 is 6.50 Å². The van der Waals surface area contributed by atoms with E-state index in [0.717, 1.165) is 0 Å². The van der Waals surface area contributed by atoms with E-state index in [2.05, 4.69) is 0 Å². The first kappa shape index (κ1) is 9.44. The molecule has 3 heteroatoms. The fraction of sp³-hybridized carbons (Fsp3) is 1.00. The summed E-state index contributed by atoms with van der Waals surface area (Å²) in [6.45, 7) is 3.71. The molecule has 0 heterocycles. The molecule has 0 bridgehead atoms. The molecule has 0 N–H and O–H groups in total. The Balaban J connectivity index is 3.97. The predicted octanol–water partition coefficient (Wildman–Crippen LogP) is 1.73. The van der Waals surface area contributed by atoms with Crippen LogP contribution in [0.5, 0.6) is 0 Å². The largest absolute Gasteiger partial charge is 0.353 e. The fourth-order valence-electron chi connectivity index (χ4n) is 0.993. The minimum absolute atomic E-state index is 0.282. The quantitative estimate of drug-likeness (QED) is 0.545. The van der Waals surface area contributed by atoms with Crippen molar-refractivity contribution in [2.24, 2.45) is 0 Å². The molecule has 0 aromatic rings. The van der Waals surface area contributed by atoms with Gasteiger partial charge in [-0.2, -0.15) is 0 Å². The Hall–Kier alpha value is -0.120. The molecular weight excluding hydrogens is 166 g/mol. The van der Waals surface area contributed by atoms with Crippen LogP contribution in [0.15, 0.2) is 0 Å². The Kier molecular flexibility index (Phi) is 6.15. The predicted molar refractivity (Wildman–Crippen MR) is 54.8 cm³/mol. The highest BCUT2D eigenvalue weighted by molar-refractivity contribution is 4.49. The smallest absolute Gasteiger partial charge is 0.157 e. The molecule has 0 aliphatic rings. The van der Waals surface area contributed by atoms with Crippen LogP contribution in [0.4, 0.5) is 0 Å². The summed E-state index contributed by atoms with van der Waals surface area (Å²) < 4.78 is 26.1. The van der Waals surface area contributed by atoms with Crippen LogP contribution in [0.3, 0.4) is 0 Å². The number of hydrogen-bond acceptors (Lipinski definition) is 3. The van der Waals surface area contributed by atoms with Gasteiger partial charge in [-0.25, -0.2) is 0 Å². The Morgan fingerprint density at radius 3 is 2.15 bits per heavy atom. The fourth-order valence-corrected chi connectivity index (χ4v) is 0.993. The van der Waals surface area contributed by atoms with E-state index in [1.165, 1.54) is 0 Å². The third-order valence-electron chi connectivity index (χ3n) is 1.51. The Morgan fingerprint density at radius 1 is 1.23 bits per heavy atom. The van der Waals surface area contributed by atoms with Gasteiger partial charge < -0.3 is 14.4 Å². The van der Waals surface area contributed by atoms with Gasteiger partial charge in [-0.1, -0.05) is 0 Å². The van der Waals surface area contributed by atoms with Crippen molar-refractivity contribution in [1.82, 2.24) is 4.90 Å². The minimum atomic E-state index is -1.30. The second-order valence-corrected chi connectivity index (χ2v) is 2.93. The average molecular weight is 191 g/mol. The number of hydrogen-bond donors (Lipinski definition) is 0. The minimum Gasteiger partial charge on any atom is -0.353 e. The number of ether oxygens (including phenoxy) is 2. The lowest BCUT2D eigenvalue weighted by Gasteiger charge is -2.17. The van der Waals surface area contributed by atoms with Gasteiger partial charge in [-0.05, 0) is 47.3 Å². The summed E-state index contributed by atoms with van der Waals surface area (Å²) in [5, 5.41) is 0. The van der Waals surface area contributed by atoms with Crippen LogP contribution in [0.2, 0.25) is 0 Å². The SMILES string of the molecule is [2H]C([2H])(CCC(OCC)OCC)N(C)C. The summed E-state index contributed by atoms with van der Waals surface area (Å²) >= 11 is 0. The molecular formula is C10H23NO2. The van der Waals surface area contributed by atoms with Crippen molar-refractivity contribution < 1.29 is 12.2 Å². The highest BCUT2D eigenvalue weighted by Gasteiger charge is 2.06. The third-order valence-corrected chi connectivity index (χ3v) is 1.51. The third kappa shape index (κ3) is 8.22. The number of rotatable bonds is 8. The summed E-state index contributed by atoms with van der Waals surface area (Å²) in [5.74, 6) is 0. The van der Waals surface area contributed by atoms with Crippen molar-refractivity contribution in [2.75, 3.05) is 33.8 Å². The van der Waals surface area contributed by atoms with E-state index in [4.69, 9.17) is 12.2 Å². The summed E-state index contributed by atoms with van der Waals surface area (Å²) in [7, 11) is 3.47. The first-order valence-corrected chi connectivity index (χ1v) is 4.84. The second-order valence-electron chi connectivity index (χ2n) is 2.93. The van der Waals surface area contributed by atoms with Crippen molar-refractivity contribution in [2.45, 2.75) is 33.0 Å². The molecule has 0 aromatic carbocycles. The number of nitrogens with zero attached hydrogens (tertiary/aromatic N) is 1. The maximum Gasteiger partial charge on any atom is 0.157 e. The Labute approximate surface area is 84.8 Å². The highest BCUT2D eigenvalue weighted by Crippen LogP contribution is 2.04.